The fraction of sp³-hybridized carbons (Fsp3) is 0.368. The van der Waals surface area contributed by atoms with Crippen LogP contribution in [0.5, 0.6) is 5.75 Å². The van der Waals surface area contributed by atoms with Crippen molar-refractivity contribution in [1.82, 2.24) is 4.90 Å². The highest BCUT2D eigenvalue weighted by molar-refractivity contribution is 7.14. The number of benzene rings is 1. The van der Waals surface area contributed by atoms with Crippen LogP contribution >= 0.6 is 11.3 Å². The Morgan fingerprint density at radius 2 is 2.12 bits per heavy atom. The second kappa shape index (κ2) is 8.23. The molecule has 1 fully saturated rings. The Kier molecular flexibility index (Phi) is 5.78. The normalized spacial score (nSPS) is 16.8. The first-order valence-electron chi connectivity index (χ1n) is 8.62. The summed E-state index contributed by atoms with van der Waals surface area (Å²) in [5.41, 5.74) is 1.71. The standard InChI is InChI=1S/C19H23N3O3S/c1-13-7-8-16(25-2)15(11-13)20-18(23)14-5-3-9-22(12-14)19(24)21-17-6-4-10-26-17/h4,6-8,10-11,14H,3,5,9,12H2,1-2H3,(H,20,23)(H,21,24). The van der Waals surface area contributed by atoms with Gasteiger partial charge in [-0.2, -0.15) is 0 Å². The second-order valence-electron chi connectivity index (χ2n) is 6.39. The number of hydrogen-bond acceptors (Lipinski definition) is 4. The summed E-state index contributed by atoms with van der Waals surface area (Å²) in [6.45, 7) is 3.04. The van der Waals surface area contributed by atoms with Gasteiger partial charge in [-0.3, -0.25) is 10.1 Å². The van der Waals surface area contributed by atoms with Crippen molar-refractivity contribution >= 4 is 34.0 Å². The summed E-state index contributed by atoms with van der Waals surface area (Å²) in [5.74, 6) is 0.317. The molecular formula is C19H23N3O3S. The molecule has 0 bridgehead atoms. The molecule has 1 saturated heterocycles. The molecule has 138 valence electrons. The number of nitrogens with zero attached hydrogens (tertiary/aromatic N) is 1. The molecule has 0 radical (unpaired) electrons. The highest BCUT2D eigenvalue weighted by Gasteiger charge is 2.29. The molecule has 3 amide bonds. The third-order valence-corrected chi connectivity index (χ3v) is 5.23. The number of carbonyl (C=O) groups excluding carboxylic acids is 2. The minimum absolute atomic E-state index is 0.0810. The average molecular weight is 373 g/mol. The molecule has 26 heavy (non-hydrogen) atoms. The van der Waals surface area contributed by atoms with Gasteiger partial charge >= 0.3 is 6.03 Å². The third kappa shape index (κ3) is 4.35. The maximum absolute atomic E-state index is 12.7. The third-order valence-electron chi connectivity index (χ3n) is 4.44. The number of anilines is 2. The lowest BCUT2D eigenvalue weighted by molar-refractivity contribution is -0.121. The van der Waals surface area contributed by atoms with E-state index in [9.17, 15) is 9.59 Å². The van der Waals surface area contributed by atoms with E-state index in [-0.39, 0.29) is 17.9 Å². The minimum Gasteiger partial charge on any atom is -0.495 e. The fourth-order valence-electron chi connectivity index (χ4n) is 3.06. The van der Waals surface area contributed by atoms with E-state index in [4.69, 9.17) is 4.74 Å². The van der Waals surface area contributed by atoms with E-state index in [0.29, 0.717) is 24.5 Å². The van der Waals surface area contributed by atoms with E-state index in [2.05, 4.69) is 10.6 Å². The highest BCUT2D eigenvalue weighted by Crippen LogP contribution is 2.27. The lowest BCUT2D eigenvalue weighted by Crippen LogP contribution is -2.45. The number of carbonyl (C=O) groups is 2. The molecule has 1 aromatic heterocycles. The number of aryl methyl sites for hydroxylation is 1. The molecule has 0 spiro atoms. The Hall–Kier alpha value is -2.54. The van der Waals surface area contributed by atoms with Gasteiger partial charge in [-0.25, -0.2) is 4.79 Å². The Morgan fingerprint density at radius 1 is 1.27 bits per heavy atom. The van der Waals surface area contributed by atoms with Crippen LogP contribution in [0.25, 0.3) is 0 Å². The van der Waals surface area contributed by atoms with Crippen LogP contribution < -0.4 is 15.4 Å². The molecule has 0 saturated carbocycles. The molecule has 1 aromatic carbocycles. The van der Waals surface area contributed by atoms with E-state index in [1.54, 1.807) is 12.0 Å². The van der Waals surface area contributed by atoms with Crippen LogP contribution in [0, 0.1) is 12.8 Å². The number of ether oxygens (including phenoxy) is 1. The number of rotatable bonds is 4. The number of urea groups is 1. The Morgan fingerprint density at radius 3 is 2.85 bits per heavy atom. The van der Waals surface area contributed by atoms with Crippen molar-refractivity contribution in [2.45, 2.75) is 19.8 Å². The number of piperidine rings is 1. The topological polar surface area (TPSA) is 70.7 Å². The van der Waals surface area contributed by atoms with Gasteiger partial charge in [0, 0.05) is 13.1 Å². The van der Waals surface area contributed by atoms with E-state index in [0.717, 1.165) is 23.4 Å². The van der Waals surface area contributed by atoms with Gasteiger partial charge in [-0.1, -0.05) is 6.07 Å². The number of methoxy groups -OCH3 is 1. The monoisotopic (exact) mass is 373 g/mol. The number of nitrogens with one attached hydrogen (secondary N) is 2. The van der Waals surface area contributed by atoms with Gasteiger partial charge in [-0.05, 0) is 55.0 Å². The van der Waals surface area contributed by atoms with Crippen molar-refractivity contribution in [3.63, 3.8) is 0 Å². The van der Waals surface area contributed by atoms with Crippen molar-refractivity contribution in [2.24, 2.45) is 5.92 Å². The lowest BCUT2D eigenvalue weighted by Gasteiger charge is -2.32. The quantitative estimate of drug-likeness (QED) is 0.852. The van der Waals surface area contributed by atoms with E-state index >= 15 is 0 Å². The Labute approximate surface area is 157 Å². The molecule has 1 aliphatic rings. The van der Waals surface area contributed by atoms with Gasteiger partial charge in [-0.15, -0.1) is 11.3 Å². The minimum atomic E-state index is -0.233. The van der Waals surface area contributed by atoms with Crippen LogP contribution in [0.1, 0.15) is 18.4 Å². The molecule has 2 N–H and O–H groups in total. The number of amides is 3. The van der Waals surface area contributed by atoms with Gasteiger partial charge in [0.15, 0.2) is 0 Å². The molecule has 6 nitrogen and oxygen atoms in total. The van der Waals surface area contributed by atoms with Crippen molar-refractivity contribution < 1.29 is 14.3 Å². The highest BCUT2D eigenvalue weighted by atomic mass is 32.1. The van der Waals surface area contributed by atoms with Crippen molar-refractivity contribution in [2.75, 3.05) is 30.8 Å². The first kappa shape index (κ1) is 18.3. The molecule has 1 atom stereocenters. The maximum atomic E-state index is 12.7. The van der Waals surface area contributed by atoms with E-state index in [1.807, 2.05) is 42.6 Å². The molecule has 1 unspecified atom stereocenters. The van der Waals surface area contributed by atoms with Crippen LogP contribution in [0.3, 0.4) is 0 Å². The predicted molar refractivity (Wildman–Crippen MR) is 104 cm³/mol. The number of hydrogen-bond donors (Lipinski definition) is 2. The maximum Gasteiger partial charge on any atom is 0.322 e. The van der Waals surface area contributed by atoms with Crippen molar-refractivity contribution in [3.05, 3.63) is 41.3 Å². The largest absolute Gasteiger partial charge is 0.495 e. The zero-order chi connectivity index (χ0) is 18.5. The zero-order valence-corrected chi connectivity index (χ0v) is 15.8. The molecule has 2 aromatic rings. The summed E-state index contributed by atoms with van der Waals surface area (Å²) >= 11 is 1.48. The number of thiophene rings is 1. The zero-order valence-electron chi connectivity index (χ0n) is 15.0. The predicted octanol–water partition coefficient (Wildman–Crippen LogP) is 3.95. The summed E-state index contributed by atoms with van der Waals surface area (Å²) < 4.78 is 5.32. The first-order valence-corrected chi connectivity index (χ1v) is 9.49. The summed E-state index contributed by atoms with van der Waals surface area (Å²) in [7, 11) is 1.58. The summed E-state index contributed by atoms with van der Waals surface area (Å²) in [4.78, 5) is 26.8. The van der Waals surface area contributed by atoms with Gasteiger partial charge in [0.25, 0.3) is 0 Å². The summed E-state index contributed by atoms with van der Waals surface area (Å²) in [5, 5.41) is 8.56. The van der Waals surface area contributed by atoms with Crippen LogP contribution in [-0.2, 0) is 4.79 Å². The van der Waals surface area contributed by atoms with Crippen molar-refractivity contribution in [3.8, 4) is 5.75 Å². The van der Waals surface area contributed by atoms with Gasteiger partial charge < -0.3 is 15.0 Å². The Bertz CT molecular complexity index is 776. The molecule has 1 aliphatic heterocycles. The van der Waals surface area contributed by atoms with E-state index < -0.39 is 0 Å². The SMILES string of the molecule is COc1ccc(C)cc1NC(=O)C1CCCN(C(=O)Nc2cccs2)C1. The van der Waals surface area contributed by atoms with Gasteiger partial charge in [0.2, 0.25) is 5.91 Å². The average Bonchev–Trinajstić information content (AvgIpc) is 3.15. The number of likely N-dealkylation sites (tertiary alicyclic amines) is 1. The summed E-state index contributed by atoms with van der Waals surface area (Å²) in [6, 6.07) is 9.26. The molecule has 2 heterocycles. The molecule has 7 heteroatoms. The second-order valence-corrected chi connectivity index (χ2v) is 7.33. The van der Waals surface area contributed by atoms with E-state index in [1.165, 1.54) is 11.3 Å². The molecular weight excluding hydrogens is 350 g/mol. The lowest BCUT2D eigenvalue weighted by atomic mass is 9.97. The molecule has 0 aliphatic carbocycles. The van der Waals surface area contributed by atoms with Crippen LogP contribution in [-0.4, -0.2) is 37.0 Å². The van der Waals surface area contributed by atoms with Crippen LogP contribution in [0.4, 0.5) is 15.5 Å². The smallest absolute Gasteiger partial charge is 0.322 e. The fourth-order valence-corrected chi connectivity index (χ4v) is 3.67. The first-order chi connectivity index (χ1) is 12.6. The van der Waals surface area contributed by atoms with Gasteiger partial charge in [0.05, 0.1) is 23.7 Å². The Balaban J connectivity index is 1.63. The molecule has 3 rings (SSSR count). The van der Waals surface area contributed by atoms with Crippen LogP contribution in [0.2, 0.25) is 0 Å². The summed E-state index contributed by atoms with van der Waals surface area (Å²) in [6.07, 6.45) is 1.57. The van der Waals surface area contributed by atoms with Crippen LogP contribution in [0.15, 0.2) is 35.7 Å². The van der Waals surface area contributed by atoms with Crippen molar-refractivity contribution in [1.29, 1.82) is 0 Å². The van der Waals surface area contributed by atoms with Gasteiger partial charge in [0.1, 0.15) is 5.75 Å².